The Balaban J connectivity index is 1.92. The third-order valence-corrected chi connectivity index (χ3v) is 4.10. The number of halogens is 3. The number of alkyl halides is 3. The number of aromatic nitrogens is 5. The van der Waals surface area contributed by atoms with E-state index in [4.69, 9.17) is 0 Å². The summed E-state index contributed by atoms with van der Waals surface area (Å²) in [5.74, 6) is 1.07. The summed E-state index contributed by atoms with van der Waals surface area (Å²) in [7, 11) is 0. The molecule has 1 fully saturated rings. The smallest absolute Gasteiger partial charge is 0.211 e. The Morgan fingerprint density at radius 2 is 1.96 bits per heavy atom. The maximum atomic E-state index is 13.3. The summed E-state index contributed by atoms with van der Waals surface area (Å²) in [5, 5.41) is 9.88. The van der Waals surface area contributed by atoms with Crippen molar-refractivity contribution < 1.29 is 13.2 Å². The summed E-state index contributed by atoms with van der Waals surface area (Å²) in [6, 6.07) is 5.33. The van der Waals surface area contributed by atoms with Crippen LogP contribution in [-0.4, -0.2) is 24.4 Å². The van der Waals surface area contributed by atoms with Crippen LogP contribution in [0.25, 0.3) is 17.2 Å². The van der Waals surface area contributed by atoms with Crippen LogP contribution in [0.2, 0.25) is 0 Å². The second-order valence-electron chi connectivity index (χ2n) is 5.28. The highest BCUT2D eigenvalue weighted by Crippen LogP contribution is 2.40. The molecule has 5 nitrogen and oxygen atoms in total. The fraction of sp³-hybridized carbons (Fsp3) is 0.286. The molecule has 23 heavy (non-hydrogen) atoms. The lowest BCUT2D eigenvalue weighted by molar-refractivity contribution is -0.137. The number of nitrogens with zero attached hydrogens (tertiary/aromatic N) is 5. The Morgan fingerprint density at radius 1 is 1.17 bits per heavy atom. The molecular weight excluding hydrogens is 327 g/mol. The molecule has 1 aliphatic carbocycles. The SMILES string of the molecule is FC(F)(F)c1ccccc1-n1nc(C2CC2)nc1-c1csnn1. The molecule has 0 bridgehead atoms. The highest BCUT2D eigenvalue weighted by molar-refractivity contribution is 7.03. The summed E-state index contributed by atoms with van der Waals surface area (Å²) >= 11 is 1.12. The van der Waals surface area contributed by atoms with Gasteiger partial charge in [0.1, 0.15) is 5.69 Å². The van der Waals surface area contributed by atoms with Crippen LogP contribution < -0.4 is 0 Å². The van der Waals surface area contributed by atoms with Crippen molar-refractivity contribution in [1.29, 1.82) is 0 Å². The lowest BCUT2D eigenvalue weighted by Crippen LogP contribution is -2.12. The molecule has 4 rings (SSSR count). The predicted octanol–water partition coefficient (Wildman–Crippen LogP) is 3.68. The molecule has 1 aromatic carbocycles. The maximum absolute atomic E-state index is 13.3. The van der Waals surface area contributed by atoms with Crippen LogP contribution in [-0.2, 0) is 6.18 Å². The first-order chi connectivity index (χ1) is 11.0. The van der Waals surface area contributed by atoms with Crippen LogP contribution in [0.3, 0.4) is 0 Å². The predicted molar refractivity (Wildman–Crippen MR) is 77.2 cm³/mol. The van der Waals surface area contributed by atoms with Crippen LogP contribution >= 0.6 is 11.5 Å². The van der Waals surface area contributed by atoms with Gasteiger partial charge in [0, 0.05) is 11.3 Å². The van der Waals surface area contributed by atoms with Gasteiger partial charge in [0.15, 0.2) is 11.6 Å². The summed E-state index contributed by atoms with van der Waals surface area (Å²) in [4.78, 5) is 4.40. The van der Waals surface area contributed by atoms with Crippen LogP contribution in [0.5, 0.6) is 0 Å². The average Bonchev–Trinajstić information content (AvgIpc) is 3.06. The molecule has 2 heterocycles. The summed E-state index contributed by atoms with van der Waals surface area (Å²) < 4.78 is 44.9. The number of benzene rings is 1. The van der Waals surface area contributed by atoms with Gasteiger partial charge in [-0.05, 0) is 36.5 Å². The van der Waals surface area contributed by atoms with E-state index in [9.17, 15) is 13.2 Å². The van der Waals surface area contributed by atoms with Gasteiger partial charge in [-0.1, -0.05) is 16.6 Å². The van der Waals surface area contributed by atoms with Crippen molar-refractivity contribution in [2.75, 3.05) is 0 Å². The van der Waals surface area contributed by atoms with E-state index in [1.54, 1.807) is 11.4 Å². The summed E-state index contributed by atoms with van der Waals surface area (Å²) in [6.07, 6.45) is -2.56. The molecule has 0 unspecified atom stereocenters. The van der Waals surface area contributed by atoms with Gasteiger partial charge >= 0.3 is 6.18 Å². The van der Waals surface area contributed by atoms with E-state index < -0.39 is 11.7 Å². The maximum Gasteiger partial charge on any atom is 0.418 e. The Morgan fingerprint density at radius 3 is 2.61 bits per heavy atom. The van der Waals surface area contributed by atoms with Crippen molar-refractivity contribution >= 4 is 11.5 Å². The molecule has 0 spiro atoms. The molecule has 1 aliphatic rings. The van der Waals surface area contributed by atoms with Gasteiger partial charge in [-0.2, -0.15) is 18.3 Å². The van der Waals surface area contributed by atoms with Gasteiger partial charge in [-0.15, -0.1) is 5.10 Å². The van der Waals surface area contributed by atoms with Gasteiger partial charge in [0.25, 0.3) is 0 Å². The third kappa shape index (κ3) is 2.61. The lowest BCUT2D eigenvalue weighted by Gasteiger charge is -2.13. The van der Waals surface area contributed by atoms with E-state index in [2.05, 4.69) is 19.7 Å². The second kappa shape index (κ2) is 5.12. The van der Waals surface area contributed by atoms with Crippen LogP contribution in [0, 0.1) is 0 Å². The lowest BCUT2D eigenvalue weighted by atomic mass is 10.1. The van der Waals surface area contributed by atoms with Gasteiger partial charge in [-0.25, -0.2) is 9.67 Å². The van der Waals surface area contributed by atoms with Crippen molar-refractivity contribution in [1.82, 2.24) is 24.4 Å². The number of rotatable bonds is 3. The first-order valence-corrected chi connectivity index (χ1v) is 7.78. The molecule has 9 heteroatoms. The molecule has 2 aromatic heterocycles. The Kier molecular flexibility index (Phi) is 3.19. The quantitative estimate of drug-likeness (QED) is 0.731. The molecule has 0 saturated heterocycles. The first-order valence-electron chi connectivity index (χ1n) is 6.95. The Hall–Kier alpha value is -2.29. The molecule has 0 atom stereocenters. The largest absolute Gasteiger partial charge is 0.418 e. The molecule has 1 saturated carbocycles. The zero-order chi connectivity index (χ0) is 16.0. The first kappa shape index (κ1) is 14.3. The average molecular weight is 337 g/mol. The molecule has 0 radical (unpaired) electrons. The normalized spacial score (nSPS) is 15.1. The van der Waals surface area contributed by atoms with E-state index in [1.165, 1.54) is 16.8 Å². The van der Waals surface area contributed by atoms with Gasteiger partial charge in [-0.3, -0.25) is 0 Å². The standard InChI is InChI=1S/C14H10F3N5S/c15-14(16,17)9-3-1-2-4-11(9)22-13(10-7-23-21-19-10)18-12(20-22)8-5-6-8/h1-4,7-8H,5-6H2. The molecular formula is C14H10F3N5S. The van der Waals surface area contributed by atoms with E-state index in [0.717, 1.165) is 30.4 Å². The van der Waals surface area contributed by atoms with Crippen LogP contribution in [0.4, 0.5) is 13.2 Å². The van der Waals surface area contributed by atoms with E-state index in [1.807, 2.05) is 0 Å². The van der Waals surface area contributed by atoms with E-state index in [0.29, 0.717) is 11.5 Å². The molecule has 0 amide bonds. The number of para-hydroxylation sites is 1. The van der Waals surface area contributed by atoms with Gasteiger partial charge in [0.05, 0.1) is 11.3 Å². The number of hydrogen-bond acceptors (Lipinski definition) is 5. The fourth-order valence-corrected chi connectivity index (χ4v) is 2.77. The molecule has 118 valence electrons. The van der Waals surface area contributed by atoms with Crippen LogP contribution in [0.1, 0.15) is 30.1 Å². The minimum Gasteiger partial charge on any atom is -0.211 e. The van der Waals surface area contributed by atoms with Crippen molar-refractivity contribution in [3.8, 4) is 17.2 Å². The zero-order valence-corrected chi connectivity index (χ0v) is 12.5. The van der Waals surface area contributed by atoms with E-state index in [-0.39, 0.29) is 17.4 Å². The second-order valence-corrected chi connectivity index (χ2v) is 5.89. The van der Waals surface area contributed by atoms with Crippen LogP contribution in [0.15, 0.2) is 29.6 Å². The minimum absolute atomic E-state index is 0.0533. The number of hydrogen-bond donors (Lipinski definition) is 0. The van der Waals surface area contributed by atoms with Gasteiger partial charge in [0.2, 0.25) is 0 Å². The third-order valence-electron chi connectivity index (χ3n) is 3.59. The van der Waals surface area contributed by atoms with Crippen molar-refractivity contribution in [3.05, 3.63) is 41.0 Å². The Bertz CT molecular complexity index is 836. The van der Waals surface area contributed by atoms with Gasteiger partial charge < -0.3 is 0 Å². The Labute approximate surface area is 133 Å². The monoisotopic (exact) mass is 337 g/mol. The summed E-state index contributed by atoms with van der Waals surface area (Å²) in [5.41, 5.74) is -0.384. The van der Waals surface area contributed by atoms with Crippen molar-refractivity contribution in [2.24, 2.45) is 0 Å². The van der Waals surface area contributed by atoms with Crippen molar-refractivity contribution in [3.63, 3.8) is 0 Å². The highest BCUT2D eigenvalue weighted by atomic mass is 32.1. The summed E-state index contributed by atoms with van der Waals surface area (Å²) in [6.45, 7) is 0. The molecule has 0 N–H and O–H groups in total. The molecule has 3 aromatic rings. The highest BCUT2D eigenvalue weighted by Gasteiger charge is 2.36. The van der Waals surface area contributed by atoms with Crippen molar-refractivity contribution in [2.45, 2.75) is 24.9 Å². The fourth-order valence-electron chi connectivity index (χ4n) is 2.34. The topological polar surface area (TPSA) is 56.5 Å². The minimum atomic E-state index is -4.47. The molecule has 0 aliphatic heterocycles. The zero-order valence-electron chi connectivity index (χ0n) is 11.7. The van der Waals surface area contributed by atoms with E-state index >= 15 is 0 Å².